The van der Waals surface area contributed by atoms with Gasteiger partial charge in [-0.05, 0) is 42.3 Å². The summed E-state index contributed by atoms with van der Waals surface area (Å²) < 4.78 is 40.1. The van der Waals surface area contributed by atoms with Crippen LogP contribution in [0.3, 0.4) is 0 Å². The summed E-state index contributed by atoms with van der Waals surface area (Å²) in [6.07, 6.45) is 2.22. The Morgan fingerprint density at radius 3 is 2.50 bits per heavy atom. The lowest BCUT2D eigenvalue weighted by Crippen LogP contribution is -2.04. The number of aromatic nitrogens is 2. The van der Waals surface area contributed by atoms with Crippen LogP contribution in [0.15, 0.2) is 60.8 Å². The van der Waals surface area contributed by atoms with Crippen LogP contribution in [0, 0.1) is 11.6 Å². The first-order valence-electron chi connectivity index (χ1n) is 10.1. The number of ketones is 1. The van der Waals surface area contributed by atoms with Crippen LogP contribution in [0.2, 0.25) is 0 Å². The number of carbonyl (C=O) groups is 1. The molecule has 0 saturated heterocycles. The van der Waals surface area contributed by atoms with E-state index >= 15 is 0 Å². The van der Waals surface area contributed by atoms with Crippen molar-refractivity contribution in [3.05, 3.63) is 78.0 Å². The molecule has 4 aromatic rings. The number of rotatable bonds is 8. The molecule has 0 unspecified atom stereocenters. The van der Waals surface area contributed by atoms with Gasteiger partial charge in [-0.3, -0.25) is 9.48 Å². The molecule has 0 atom stereocenters. The number of hydrogen-bond donors (Lipinski definition) is 0. The predicted octanol–water partition coefficient (Wildman–Crippen LogP) is 5.55. The highest BCUT2D eigenvalue weighted by molar-refractivity contribution is 5.80. The number of ether oxygens (including phenoxy) is 2. The fourth-order valence-corrected chi connectivity index (χ4v) is 3.47. The molecule has 0 aliphatic heterocycles. The Balaban J connectivity index is 1.48. The van der Waals surface area contributed by atoms with Gasteiger partial charge in [0.1, 0.15) is 23.9 Å². The molecule has 4 rings (SSSR count). The lowest BCUT2D eigenvalue weighted by Gasteiger charge is -2.11. The maximum atomic E-state index is 13.7. The molecule has 1 heterocycles. The summed E-state index contributed by atoms with van der Waals surface area (Å²) in [7, 11) is 1.41. The van der Waals surface area contributed by atoms with E-state index in [-0.39, 0.29) is 11.5 Å². The van der Waals surface area contributed by atoms with Crippen LogP contribution >= 0.6 is 0 Å². The van der Waals surface area contributed by atoms with Crippen molar-refractivity contribution in [1.29, 1.82) is 0 Å². The number of Topliss-reactive ketones (excluding diaryl/α,β-unsaturated/α-hetero) is 1. The van der Waals surface area contributed by atoms with E-state index < -0.39 is 11.6 Å². The van der Waals surface area contributed by atoms with Gasteiger partial charge in [-0.2, -0.15) is 5.10 Å². The fourth-order valence-electron chi connectivity index (χ4n) is 3.47. The zero-order chi connectivity index (χ0) is 22.7. The van der Waals surface area contributed by atoms with Gasteiger partial charge in [-0.25, -0.2) is 8.78 Å². The molecule has 0 bridgehead atoms. The molecule has 0 amide bonds. The van der Waals surface area contributed by atoms with Crippen molar-refractivity contribution in [2.75, 3.05) is 7.11 Å². The zero-order valence-electron chi connectivity index (χ0n) is 17.8. The fraction of sp³-hybridized carbons (Fsp3) is 0.200. The minimum Gasteiger partial charge on any atom is -0.496 e. The van der Waals surface area contributed by atoms with E-state index in [1.807, 2.05) is 22.9 Å². The maximum Gasteiger partial charge on any atom is 0.162 e. The highest BCUT2D eigenvalue weighted by Gasteiger charge is 2.12. The molecular weight excluding hydrogens is 414 g/mol. The molecule has 0 fully saturated rings. The van der Waals surface area contributed by atoms with Crippen molar-refractivity contribution >= 4 is 16.7 Å². The van der Waals surface area contributed by atoms with Crippen molar-refractivity contribution in [2.24, 2.45) is 0 Å². The van der Waals surface area contributed by atoms with Crippen molar-refractivity contribution in [1.82, 2.24) is 9.78 Å². The number of nitrogens with zero attached hydrogens (tertiary/aromatic N) is 2. The highest BCUT2D eigenvalue weighted by atomic mass is 19.2. The standard InChI is InChI=1S/C25H22F2N2O3/c1-16(30)9-10-29-24-11-17(3-4-19(24)14-28-29)15-32-20-7-5-18(6-8-20)21-12-22(26)23(27)13-25(21)31-2/h3-8,11-14H,9-10,15H2,1-2H3. The summed E-state index contributed by atoms with van der Waals surface area (Å²) in [5.41, 5.74) is 3.06. The zero-order valence-corrected chi connectivity index (χ0v) is 17.8. The minimum absolute atomic E-state index is 0.123. The SMILES string of the molecule is COc1cc(F)c(F)cc1-c1ccc(OCc2ccc3cnn(CCC(C)=O)c3c2)cc1. The first-order chi connectivity index (χ1) is 15.4. The third-order valence-electron chi connectivity index (χ3n) is 5.20. The highest BCUT2D eigenvalue weighted by Crippen LogP contribution is 2.33. The van der Waals surface area contributed by atoms with Crippen molar-refractivity contribution in [2.45, 2.75) is 26.5 Å². The number of benzene rings is 3. The molecule has 0 saturated carbocycles. The number of carbonyl (C=O) groups excluding carboxylic acids is 1. The largest absolute Gasteiger partial charge is 0.496 e. The second-order valence-corrected chi connectivity index (χ2v) is 7.49. The van der Waals surface area contributed by atoms with Crippen LogP contribution in [-0.4, -0.2) is 22.7 Å². The van der Waals surface area contributed by atoms with Crippen LogP contribution in [-0.2, 0) is 17.9 Å². The molecule has 1 aromatic heterocycles. The van der Waals surface area contributed by atoms with Crippen LogP contribution in [0.4, 0.5) is 8.78 Å². The van der Waals surface area contributed by atoms with Gasteiger partial charge in [0.25, 0.3) is 0 Å². The first-order valence-corrected chi connectivity index (χ1v) is 10.1. The van der Waals surface area contributed by atoms with Crippen molar-refractivity contribution in [3.63, 3.8) is 0 Å². The van der Waals surface area contributed by atoms with Crippen molar-refractivity contribution < 1.29 is 23.0 Å². The number of hydrogen-bond acceptors (Lipinski definition) is 4. The molecule has 3 aromatic carbocycles. The Kier molecular flexibility index (Phi) is 6.16. The first kappa shape index (κ1) is 21.5. The Morgan fingerprint density at radius 1 is 1.03 bits per heavy atom. The average Bonchev–Trinajstić information content (AvgIpc) is 3.20. The van der Waals surface area contributed by atoms with E-state index in [1.165, 1.54) is 7.11 Å². The van der Waals surface area contributed by atoms with Crippen LogP contribution < -0.4 is 9.47 Å². The molecule has 32 heavy (non-hydrogen) atoms. The van der Waals surface area contributed by atoms with E-state index in [4.69, 9.17) is 9.47 Å². The average molecular weight is 436 g/mol. The molecule has 164 valence electrons. The van der Waals surface area contributed by atoms with Crippen LogP contribution in [0.1, 0.15) is 18.9 Å². The second-order valence-electron chi connectivity index (χ2n) is 7.49. The molecule has 7 heteroatoms. The van der Waals surface area contributed by atoms with Crippen LogP contribution in [0.5, 0.6) is 11.5 Å². The Bertz CT molecular complexity index is 1270. The van der Waals surface area contributed by atoms with E-state index in [2.05, 4.69) is 5.10 Å². The number of methoxy groups -OCH3 is 1. The van der Waals surface area contributed by atoms with Crippen molar-refractivity contribution in [3.8, 4) is 22.6 Å². The van der Waals surface area contributed by atoms with Crippen LogP contribution in [0.25, 0.3) is 22.0 Å². The summed E-state index contributed by atoms with van der Waals surface area (Å²) in [5, 5.41) is 5.36. The summed E-state index contributed by atoms with van der Waals surface area (Å²) in [6.45, 7) is 2.46. The lowest BCUT2D eigenvalue weighted by atomic mass is 10.0. The van der Waals surface area contributed by atoms with E-state index in [0.29, 0.717) is 36.4 Å². The monoisotopic (exact) mass is 436 g/mol. The third-order valence-corrected chi connectivity index (χ3v) is 5.20. The molecule has 0 aliphatic carbocycles. The molecule has 0 aliphatic rings. The Hall–Kier alpha value is -3.74. The Labute approximate surface area is 184 Å². The lowest BCUT2D eigenvalue weighted by molar-refractivity contribution is -0.117. The quantitative estimate of drug-likeness (QED) is 0.364. The van der Waals surface area contributed by atoms with Gasteiger partial charge in [0.2, 0.25) is 0 Å². The van der Waals surface area contributed by atoms with Gasteiger partial charge in [0.05, 0.1) is 18.8 Å². The summed E-state index contributed by atoms with van der Waals surface area (Å²) >= 11 is 0. The summed E-state index contributed by atoms with van der Waals surface area (Å²) in [5.74, 6) is -0.866. The number of aryl methyl sites for hydroxylation is 1. The smallest absolute Gasteiger partial charge is 0.162 e. The second kappa shape index (κ2) is 9.18. The topological polar surface area (TPSA) is 53.4 Å². The third kappa shape index (κ3) is 4.61. The van der Waals surface area contributed by atoms with E-state index in [0.717, 1.165) is 28.6 Å². The normalized spacial score (nSPS) is 11.0. The van der Waals surface area contributed by atoms with Gasteiger partial charge >= 0.3 is 0 Å². The minimum atomic E-state index is -0.954. The Morgan fingerprint density at radius 2 is 1.78 bits per heavy atom. The van der Waals surface area contributed by atoms with Gasteiger partial charge in [0, 0.05) is 30.0 Å². The van der Waals surface area contributed by atoms with E-state index in [9.17, 15) is 13.6 Å². The van der Waals surface area contributed by atoms with Gasteiger partial charge < -0.3 is 9.47 Å². The molecular formula is C25H22F2N2O3. The van der Waals surface area contributed by atoms with E-state index in [1.54, 1.807) is 37.4 Å². The van der Waals surface area contributed by atoms with Gasteiger partial charge in [-0.15, -0.1) is 0 Å². The number of fused-ring (bicyclic) bond motifs is 1. The van der Waals surface area contributed by atoms with Gasteiger partial charge in [-0.1, -0.05) is 24.3 Å². The molecule has 5 nitrogen and oxygen atoms in total. The predicted molar refractivity (Wildman–Crippen MR) is 118 cm³/mol. The summed E-state index contributed by atoms with van der Waals surface area (Å²) in [6, 6.07) is 15.2. The number of halogens is 2. The maximum absolute atomic E-state index is 13.7. The molecule has 0 N–H and O–H groups in total. The van der Waals surface area contributed by atoms with Gasteiger partial charge in [0.15, 0.2) is 11.6 Å². The molecule has 0 radical (unpaired) electrons. The molecule has 0 spiro atoms. The summed E-state index contributed by atoms with van der Waals surface area (Å²) in [4.78, 5) is 11.3.